The number of carbonyl (C=O) groups is 2. The van der Waals surface area contributed by atoms with Crippen molar-refractivity contribution in [1.29, 1.82) is 0 Å². The predicted molar refractivity (Wildman–Crippen MR) is 135 cm³/mol. The molecule has 13 heteroatoms. The van der Waals surface area contributed by atoms with Gasteiger partial charge >= 0.3 is 0 Å². The van der Waals surface area contributed by atoms with Crippen molar-refractivity contribution in [3.05, 3.63) is 48.4 Å². The lowest BCUT2D eigenvalue weighted by molar-refractivity contribution is -0.242. The fraction of sp³-hybridized carbons (Fsp3) is 0.385. The number of rotatable bonds is 8. The maximum Gasteiger partial charge on any atom is 0.260 e. The molecule has 0 radical (unpaired) electrons. The summed E-state index contributed by atoms with van der Waals surface area (Å²) in [7, 11) is 1.51. The van der Waals surface area contributed by atoms with Crippen LogP contribution in [0.3, 0.4) is 0 Å². The second kappa shape index (κ2) is 9.27. The fourth-order valence-corrected chi connectivity index (χ4v) is 5.06. The topological polar surface area (TPSA) is 143 Å². The van der Waals surface area contributed by atoms with Crippen LogP contribution in [0.1, 0.15) is 35.7 Å². The minimum Gasteiger partial charge on any atom is -0.494 e. The van der Waals surface area contributed by atoms with E-state index in [2.05, 4.69) is 20.7 Å². The predicted octanol–water partition coefficient (Wildman–Crippen LogP) is 3.47. The Balaban J connectivity index is 1.28. The van der Waals surface area contributed by atoms with Crippen molar-refractivity contribution in [3.63, 3.8) is 0 Å². The third-order valence-corrected chi connectivity index (χ3v) is 7.33. The van der Waals surface area contributed by atoms with Crippen molar-refractivity contribution in [2.75, 3.05) is 31.0 Å². The molecular formula is C26H26F2N6O5. The maximum absolute atomic E-state index is 13.3. The van der Waals surface area contributed by atoms with E-state index >= 15 is 0 Å². The Hall–Kier alpha value is -4.10. The largest absolute Gasteiger partial charge is 0.494 e. The molecule has 2 amide bonds. The summed E-state index contributed by atoms with van der Waals surface area (Å²) in [6.45, 7) is 1.12. The van der Waals surface area contributed by atoms with Gasteiger partial charge in [-0.15, -0.1) is 0 Å². The third-order valence-electron chi connectivity index (χ3n) is 7.33. The number of anilines is 3. The number of hydrogen-bond acceptors (Lipinski definition) is 8. The highest BCUT2D eigenvalue weighted by Gasteiger charge is 2.61. The number of pyridine rings is 1. The molecule has 1 spiro atoms. The van der Waals surface area contributed by atoms with E-state index in [9.17, 15) is 18.4 Å². The highest BCUT2D eigenvalue weighted by Crippen LogP contribution is 2.50. The molecule has 2 saturated carbocycles. The molecule has 4 N–H and O–H groups in total. The van der Waals surface area contributed by atoms with Crippen LogP contribution in [0.4, 0.5) is 26.0 Å². The standard InChI is InChI=1S/C26H26F2N6O5/c1-37-22-15(14-11-31-34(13-14)20-5-6-26(20)38-7-8-39-26)3-2-4-18(22)32-19-9-21(30-12-16(19)23(29)35)33-24(36)17-10-25(17,27)28/h2-4,9,11-13,17,20H,5-8,10H2,1H3,(H2,29,35)(H2,30,32,33,36)/t17-,20-/m0/s1. The molecular weight excluding hydrogens is 514 g/mol. The lowest BCUT2D eigenvalue weighted by atomic mass is 9.85. The Kier molecular flexibility index (Phi) is 5.99. The Morgan fingerprint density at radius 3 is 2.62 bits per heavy atom. The smallest absolute Gasteiger partial charge is 0.260 e. The minimum absolute atomic E-state index is 0.00243. The molecule has 204 valence electrons. The van der Waals surface area contributed by atoms with Crippen LogP contribution in [0.25, 0.3) is 11.1 Å². The number of halogens is 2. The average Bonchev–Trinajstić information content (AvgIpc) is 3.28. The molecule has 3 aromatic rings. The summed E-state index contributed by atoms with van der Waals surface area (Å²) in [5, 5.41) is 10.0. The molecule has 2 aromatic heterocycles. The summed E-state index contributed by atoms with van der Waals surface area (Å²) in [4.78, 5) is 28.2. The van der Waals surface area contributed by atoms with E-state index in [0.717, 1.165) is 24.0 Å². The third kappa shape index (κ3) is 4.46. The van der Waals surface area contributed by atoms with Crippen molar-refractivity contribution >= 4 is 29.0 Å². The van der Waals surface area contributed by atoms with E-state index in [4.69, 9.17) is 19.9 Å². The number of amides is 2. The molecule has 11 nitrogen and oxygen atoms in total. The summed E-state index contributed by atoms with van der Waals surface area (Å²) in [6, 6.07) is 6.74. The minimum atomic E-state index is -3.02. The molecule has 6 rings (SSSR count). The number of para-hydroxylation sites is 1. The van der Waals surface area contributed by atoms with Crippen molar-refractivity contribution < 1.29 is 32.6 Å². The molecule has 1 saturated heterocycles. The summed E-state index contributed by atoms with van der Waals surface area (Å²) in [5.74, 6) is -6.18. The Morgan fingerprint density at radius 2 is 1.97 bits per heavy atom. The second-order valence-electron chi connectivity index (χ2n) is 9.77. The number of nitrogens with zero attached hydrogens (tertiary/aromatic N) is 3. The molecule has 3 fully saturated rings. The number of aromatic nitrogens is 3. The first kappa shape index (κ1) is 25.2. The fourth-order valence-electron chi connectivity index (χ4n) is 5.06. The highest BCUT2D eigenvalue weighted by molar-refractivity contribution is 6.01. The Labute approximate surface area is 221 Å². The first-order valence-corrected chi connectivity index (χ1v) is 12.5. The quantitative estimate of drug-likeness (QED) is 0.394. The number of nitrogens with two attached hydrogens (primary N) is 1. The zero-order valence-corrected chi connectivity index (χ0v) is 20.9. The van der Waals surface area contributed by atoms with Crippen LogP contribution in [0, 0.1) is 5.92 Å². The van der Waals surface area contributed by atoms with Crippen LogP contribution in [-0.4, -0.2) is 58.6 Å². The summed E-state index contributed by atoms with van der Waals surface area (Å²) in [6.07, 6.45) is 6.00. The first-order chi connectivity index (χ1) is 18.7. The molecule has 1 aliphatic heterocycles. The van der Waals surface area contributed by atoms with Gasteiger partial charge in [0.1, 0.15) is 23.5 Å². The van der Waals surface area contributed by atoms with Crippen molar-refractivity contribution in [3.8, 4) is 16.9 Å². The number of carbonyl (C=O) groups excluding carboxylic acids is 2. The van der Waals surface area contributed by atoms with Crippen LogP contribution < -0.4 is 21.1 Å². The number of methoxy groups -OCH3 is 1. The van der Waals surface area contributed by atoms with Gasteiger partial charge in [0.2, 0.25) is 5.91 Å². The SMILES string of the molecule is COc1c(Nc2cc(NC(=O)[C@@H]3CC3(F)F)ncc2C(N)=O)cccc1-c1cnn([C@H]2CCC23OCCO3)c1. The van der Waals surface area contributed by atoms with E-state index in [0.29, 0.717) is 24.7 Å². The first-order valence-electron chi connectivity index (χ1n) is 12.5. The van der Waals surface area contributed by atoms with E-state index in [-0.39, 0.29) is 23.1 Å². The van der Waals surface area contributed by atoms with Gasteiger partial charge in [-0.05, 0) is 12.5 Å². The zero-order chi connectivity index (χ0) is 27.4. The molecule has 2 aliphatic carbocycles. The average molecular weight is 541 g/mol. The maximum atomic E-state index is 13.3. The molecule has 3 heterocycles. The van der Waals surface area contributed by atoms with Gasteiger partial charge in [0.05, 0.1) is 43.5 Å². The lowest BCUT2D eigenvalue weighted by Crippen LogP contribution is -2.49. The number of alkyl halides is 2. The van der Waals surface area contributed by atoms with Crippen molar-refractivity contribution in [2.45, 2.75) is 37.0 Å². The van der Waals surface area contributed by atoms with Crippen LogP contribution in [0.5, 0.6) is 5.75 Å². The van der Waals surface area contributed by atoms with E-state index in [1.807, 2.05) is 16.9 Å². The van der Waals surface area contributed by atoms with Gasteiger partial charge in [-0.2, -0.15) is 5.10 Å². The van der Waals surface area contributed by atoms with Crippen LogP contribution in [0.15, 0.2) is 42.9 Å². The van der Waals surface area contributed by atoms with Crippen molar-refractivity contribution in [1.82, 2.24) is 14.8 Å². The number of benzene rings is 1. The van der Waals surface area contributed by atoms with Gasteiger partial charge in [0.25, 0.3) is 11.8 Å². The number of primary amides is 1. The molecule has 0 bridgehead atoms. The van der Waals surface area contributed by atoms with Crippen LogP contribution in [-0.2, 0) is 14.3 Å². The summed E-state index contributed by atoms with van der Waals surface area (Å²) < 4.78 is 45.9. The van der Waals surface area contributed by atoms with E-state index < -0.39 is 35.9 Å². The van der Waals surface area contributed by atoms with Gasteiger partial charge in [-0.1, -0.05) is 12.1 Å². The second-order valence-corrected chi connectivity index (χ2v) is 9.77. The van der Waals surface area contributed by atoms with E-state index in [1.54, 1.807) is 18.3 Å². The molecule has 3 aliphatic rings. The Morgan fingerprint density at radius 1 is 1.21 bits per heavy atom. The van der Waals surface area contributed by atoms with Gasteiger partial charge in [0.15, 0.2) is 5.79 Å². The normalized spacial score (nSPS) is 22.2. The lowest BCUT2D eigenvalue weighted by Gasteiger charge is -2.44. The van der Waals surface area contributed by atoms with Crippen molar-refractivity contribution in [2.24, 2.45) is 11.7 Å². The van der Waals surface area contributed by atoms with Gasteiger partial charge in [0, 0.05) is 42.4 Å². The van der Waals surface area contributed by atoms with Crippen LogP contribution in [0.2, 0.25) is 0 Å². The monoisotopic (exact) mass is 540 g/mol. The molecule has 2 atom stereocenters. The number of hydrogen-bond donors (Lipinski definition) is 3. The van der Waals surface area contributed by atoms with Crippen LogP contribution >= 0.6 is 0 Å². The van der Waals surface area contributed by atoms with Gasteiger partial charge in [-0.3, -0.25) is 14.3 Å². The zero-order valence-electron chi connectivity index (χ0n) is 20.9. The summed E-state index contributed by atoms with van der Waals surface area (Å²) >= 11 is 0. The van der Waals surface area contributed by atoms with E-state index in [1.165, 1.54) is 19.4 Å². The highest BCUT2D eigenvalue weighted by atomic mass is 19.3. The van der Waals surface area contributed by atoms with Gasteiger partial charge in [-0.25, -0.2) is 13.8 Å². The number of nitrogens with one attached hydrogen (secondary N) is 2. The number of ether oxygens (including phenoxy) is 3. The Bertz CT molecular complexity index is 1450. The molecule has 39 heavy (non-hydrogen) atoms. The molecule has 0 unspecified atom stereocenters. The van der Waals surface area contributed by atoms with Gasteiger partial charge < -0.3 is 30.6 Å². The molecule has 1 aromatic carbocycles. The summed E-state index contributed by atoms with van der Waals surface area (Å²) in [5.41, 5.74) is 7.80.